The fourth-order valence-corrected chi connectivity index (χ4v) is 7.04. The third-order valence-corrected chi connectivity index (χ3v) is 7.79. The average Bonchev–Trinajstić information content (AvgIpc) is 3.19. The molecular formula is C24H32N4O3. The first-order valence-corrected chi connectivity index (χ1v) is 11.2. The summed E-state index contributed by atoms with van der Waals surface area (Å²) < 4.78 is 12.9. The number of aromatic nitrogens is 3. The van der Waals surface area contributed by atoms with E-state index in [1.807, 2.05) is 43.4 Å². The van der Waals surface area contributed by atoms with Crippen molar-refractivity contribution in [3.63, 3.8) is 0 Å². The molecule has 1 heterocycles. The molecule has 166 valence electrons. The highest BCUT2D eigenvalue weighted by atomic mass is 16.5. The van der Waals surface area contributed by atoms with E-state index in [9.17, 15) is 4.79 Å². The van der Waals surface area contributed by atoms with Gasteiger partial charge in [-0.3, -0.25) is 4.79 Å². The van der Waals surface area contributed by atoms with Crippen molar-refractivity contribution in [2.45, 2.75) is 57.5 Å². The zero-order chi connectivity index (χ0) is 21.8. The topological polar surface area (TPSA) is 69.5 Å². The normalized spacial score (nSPS) is 31.0. The Balaban J connectivity index is 1.40. The van der Waals surface area contributed by atoms with Gasteiger partial charge in [-0.15, -0.1) is 0 Å². The number of rotatable bonds is 6. The van der Waals surface area contributed by atoms with Crippen LogP contribution in [0.4, 0.5) is 0 Å². The van der Waals surface area contributed by atoms with Crippen LogP contribution < -0.4 is 9.47 Å². The van der Waals surface area contributed by atoms with Gasteiger partial charge in [0.15, 0.2) is 11.5 Å². The molecule has 2 aromatic rings. The van der Waals surface area contributed by atoms with Gasteiger partial charge in [0.25, 0.3) is 0 Å². The fraction of sp³-hybridized carbons (Fsp3) is 0.625. The van der Waals surface area contributed by atoms with E-state index in [0.29, 0.717) is 29.9 Å². The van der Waals surface area contributed by atoms with E-state index in [1.54, 1.807) is 14.2 Å². The molecule has 2 atom stereocenters. The van der Waals surface area contributed by atoms with Gasteiger partial charge in [0, 0.05) is 13.6 Å². The van der Waals surface area contributed by atoms with E-state index < -0.39 is 0 Å². The van der Waals surface area contributed by atoms with Crippen molar-refractivity contribution >= 4 is 5.91 Å². The van der Waals surface area contributed by atoms with Gasteiger partial charge in [0.1, 0.15) is 12.2 Å². The lowest BCUT2D eigenvalue weighted by Crippen LogP contribution is -2.61. The molecule has 31 heavy (non-hydrogen) atoms. The van der Waals surface area contributed by atoms with Crippen molar-refractivity contribution < 1.29 is 14.3 Å². The van der Waals surface area contributed by atoms with Crippen LogP contribution in [0.25, 0.3) is 0 Å². The molecule has 1 aromatic heterocycles. The Bertz CT molecular complexity index is 986. The Labute approximate surface area is 183 Å². The zero-order valence-corrected chi connectivity index (χ0v) is 18.9. The Morgan fingerprint density at radius 1 is 1.16 bits per heavy atom. The second-order valence-electron chi connectivity index (χ2n) is 10.1. The van der Waals surface area contributed by atoms with Gasteiger partial charge < -0.3 is 14.4 Å². The predicted octanol–water partition coefficient (Wildman–Crippen LogP) is 3.56. The third-order valence-electron chi connectivity index (χ3n) is 7.79. The number of aryl methyl sites for hydroxylation is 1. The summed E-state index contributed by atoms with van der Waals surface area (Å²) in [5.74, 6) is 3.68. The molecule has 0 spiro atoms. The zero-order valence-electron chi connectivity index (χ0n) is 18.9. The standard InChI is InChI=1S/C24H32N4O3/c1-16-25-15-28(26-16)24-11-18-7-19(12-24)10-23(9-18,14-24)22(29)27(2)13-17-5-6-20(30-3)21(8-17)31-4/h5-6,8,15,18-19H,7,9-14H2,1-4H3/t18-,19-,23?,24?/m1/s1. The Morgan fingerprint density at radius 2 is 1.87 bits per heavy atom. The van der Waals surface area contributed by atoms with E-state index in [2.05, 4.69) is 9.67 Å². The molecule has 7 nitrogen and oxygen atoms in total. The lowest BCUT2D eigenvalue weighted by Gasteiger charge is -2.61. The number of hydrogen-bond acceptors (Lipinski definition) is 5. The molecule has 1 amide bonds. The molecule has 6 rings (SSSR count). The number of benzene rings is 1. The smallest absolute Gasteiger partial charge is 0.228 e. The van der Waals surface area contributed by atoms with E-state index in [-0.39, 0.29) is 16.9 Å². The Hall–Kier alpha value is -2.57. The number of carbonyl (C=O) groups excluding carboxylic acids is 1. The van der Waals surface area contributed by atoms with Crippen LogP contribution >= 0.6 is 0 Å². The van der Waals surface area contributed by atoms with Gasteiger partial charge in [-0.05, 0) is 75.0 Å². The van der Waals surface area contributed by atoms with Crippen molar-refractivity contribution in [3.8, 4) is 11.5 Å². The summed E-state index contributed by atoms with van der Waals surface area (Å²) in [6.07, 6.45) is 8.28. The number of nitrogens with zero attached hydrogens (tertiary/aromatic N) is 4. The maximum absolute atomic E-state index is 13.9. The van der Waals surface area contributed by atoms with Crippen LogP contribution in [0, 0.1) is 24.2 Å². The van der Waals surface area contributed by atoms with E-state index in [4.69, 9.17) is 14.6 Å². The minimum atomic E-state index is -0.282. The number of methoxy groups -OCH3 is 2. The van der Waals surface area contributed by atoms with E-state index in [0.717, 1.165) is 43.5 Å². The molecule has 0 unspecified atom stereocenters. The first kappa shape index (κ1) is 20.3. The summed E-state index contributed by atoms with van der Waals surface area (Å²) in [5, 5.41) is 4.69. The maximum Gasteiger partial charge on any atom is 0.228 e. The van der Waals surface area contributed by atoms with Crippen molar-refractivity contribution in [2.75, 3.05) is 21.3 Å². The van der Waals surface area contributed by atoms with Crippen LogP contribution in [0.1, 0.15) is 49.9 Å². The Kier molecular flexibility index (Phi) is 4.75. The van der Waals surface area contributed by atoms with Gasteiger partial charge in [0.05, 0.1) is 25.2 Å². The second kappa shape index (κ2) is 7.24. The molecule has 4 bridgehead atoms. The lowest BCUT2D eigenvalue weighted by molar-refractivity contribution is -0.166. The highest BCUT2D eigenvalue weighted by Gasteiger charge is 2.62. The maximum atomic E-state index is 13.9. The van der Waals surface area contributed by atoms with Gasteiger partial charge in [-0.1, -0.05) is 6.07 Å². The van der Waals surface area contributed by atoms with Crippen LogP contribution in [-0.4, -0.2) is 46.8 Å². The quantitative estimate of drug-likeness (QED) is 0.709. The van der Waals surface area contributed by atoms with Gasteiger partial charge >= 0.3 is 0 Å². The first-order valence-electron chi connectivity index (χ1n) is 11.2. The molecule has 4 saturated carbocycles. The van der Waals surface area contributed by atoms with Crippen LogP contribution in [-0.2, 0) is 16.9 Å². The van der Waals surface area contributed by atoms with Crippen LogP contribution in [0.15, 0.2) is 24.5 Å². The van der Waals surface area contributed by atoms with Gasteiger partial charge in [0.2, 0.25) is 5.91 Å². The summed E-state index contributed by atoms with van der Waals surface area (Å²) in [6.45, 7) is 2.50. The summed E-state index contributed by atoms with van der Waals surface area (Å²) in [5.41, 5.74) is 0.709. The van der Waals surface area contributed by atoms with Crippen molar-refractivity contribution in [3.05, 3.63) is 35.9 Å². The monoisotopic (exact) mass is 424 g/mol. The number of ether oxygens (including phenoxy) is 2. The molecule has 7 heteroatoms. The largest absolute Gasteiger partial charge is 0.493 e. The van der Waals surface area contributed by atoms with E-state index in [1.165, 1.54) is 6.42 Å². The number of amides is 1. The molecule has 0 N–H and O–H groups in total. The summed E-state index contributed by atoms with van der Waals surface area (Å²) in [6, 6.07) is 5.87. The minimum absolute atomic E-state index is 0.0504. The Morgan fingerprint density at radius 3 is 2.48 bits per heavy atom. The van der Waals surface area contributed by atoms with Crippen LogP contribution in [0.2, 0.25) is 0 Å². The van der Waals surface area contributed by atoms with Gasteiger partial charge in [-0.25, -0.2) is 9.67 Å². The third kappa shape index (κ3) is 3.29. The van der Waals surface area contributed by atoms with Crippen molar-refractivity contribution in [1.82, 2.24) is 19.7 Å². The van der Waals surface area contributed by atoms with Crippen molar-refractivity contribution in [2.24, 2.45) is 17.3 Å². The van der Waals surface area contributed by atoms with E-state index >= 15 is 0 Å². The fourth-order valence-electron chi connectivity index (χ4n) is 7.04. The molecule has 0 aliphatic heterocycles. The SMILES string of the molecule is COc1ccc(CN(C)C(=O)C23C[C@H]4C[C@H](C2)CC(n2cnc(C)n2)(C4)C3)cc1OC. The van der Waals surface area contributed by atoms with Crippen LogP contribution in [0.5, 0.6) is 11.5 Å². The number of carbonyl (C=O) groups is 1. The summed E-state index contributed by atoms with van der Waals surface area (Å²) in [4.78, 5) is 20.2. The molecule has 4 aliphatic rings. The summed E-state index contributed by atoms with van der Waals surface area (Å²) >= 11 is 0. The highest BCUT2D eigenvalue weighted by molar-refractivity contribution is 5.83. The molecule has 4 aliphatic carbocycles. The minimum Gasteiger partial charge on any atom is -0.493 e. The molecule has 0 radical (unpaired) electrons. The predicted molar refractivity (Wildman–Crippen MR) is 116 cm³/mol. The van der Waals surface area contributed by atoms with Crippen LogP contribution in [0.3, 0.4) is 0 Å². The number of hydrogen-bond donors (Lipinski definition) is 0. The molecule has 0 saturated heterocycles. The van der Waals surface area contributed by atoms with Crippen molar-refractivity contribution in [1.29, 1.82) is 0 Å². The highest BCUT2D eigenvalue weighted by Crippen LogP contribution is 2.64. The molecule has 4 fully saturated rings. The molecule has 1 aromatic carbocycles. The molecular weight excluding hydrogens is 392 g/mol. The van der Waals surface area contributed by atoms with Gasteiger partial charge in [-0.2, -0.15) is 5.10 Å². The summed E-state index contributed by atoms with van der Waals surface area (Å²) in [7, 11) is 5.20. The lowest BCUT2D eigenvalue weighted by atomic mass is 9.46. The first-order chi connectivity index (χ1) is 14.9. The average molecular weight is 425 g/mol. The second-order valence-corrected chi connectivity index (χ2v) is 10.1.